The number of alkyl halides is 4. The van der Waals surface area contributed by atoms with Gasteiger partial charge in [0.05, 0.1) is 12.5 Å². The zero-order valence-electron chi connectivity index (χ0n) is 17.7. The summed E-state index contributed by atoms with van der Waals surface area (Å²) >= 11 is 0. The van der Waals surface area contributed by atoms with Gasteiger partial charge >= 0.3 is 12.2 Å². The first kappa shape index (κ1) is 25.0. The van der Waals surface area contributed by atoms with Crippen LogP contribution in [-0.4, -0.2) is 12.7 Å². The highest BCUT2D eigenvalue weighted by atomic mass is 19.3. The lowest BCUT2D eigenvalue weighted by Gasteiger charge is -2.25. The molecular formula is C23H26F6O2. The summed E-state index contributed by atoms with van der Waals surface area (Å²) in [6.45, 7) is 4.12. The van der Waals surface area contributed by atoms with Crippen LogP contribution in [0, 0.1) is 17.6 Å². The van der Waals surface area contributed by atoms with Gasteiger partial charge < -0.3 is 9.47 Å². The first-order valence-electron chi connectivity index (χ1n) is 10.2. The van der Waals surface area contributed by atoms with Crippen molar-refractivity contribution in [2.45, 2.75) is 58.7 Å². The van der Waals surface area contributed by atoms with Crippen molar-refractivity contribution in [1.82, 2.24) is 0 Å². The predicted octanol–water partition coefficient (Wildman–Crippen LogP) is 7.24. The topological polar surface area (TPSA) is 18.5 Å². The standard InChI is InChI=1S/C23H26F6O2/c1-4-16-8-10-18(11-9-16)31-22(26,27)15(3)7-6-12-30-23(28,29)21-19(24)13-17(5-2)14-20(21)25/h8-11,13-15H,4-7,12H2,1-3H3. The molecule has 0 bridgehead atoms. The summed E-state index contributed by atoms with van der Waals surface area (Å²) < 4.78 is 93.8. The van der Waals surface area contributed by atoms with Crippen molar-refractivity contribution >= 4 is 0 Å². The molecule has 0 heterocycles. The van der Waals surface area contributed by atoms with Gasteiger partial charge in [-0.3, -0.25) is 0 Å². The Morgan fingerprint density at radius 3 is 1.94 bits per heavy atom. The average Bonchev–Trinajstić information content (AvgIpc) is 2.70. The monoisotopic (exact) mass is 448 g/mol. The Morgan fingerprint density at radius 2 is 1.42 bits per heavy atom. The van der Waals surface area contributed by atoms with E-state index in [1.54, 1.807) is 19.1 Å². The smallest absolute Gasteiger partial charge is 0.400 e. The highest BCUT2D eigenvalue weighted by molar-refractivity contribution is 5.29. The lowest BCUT2D eigenvalue weighted by atomic mass is 10.0. The van der Waals surface area contributed by atoms with Crippen molar-refractivity contribution < 1.29 is 35.8 Å². The molecule has 0 aromatic heterocycles. The molecule has 1 unspecified atom stereocenters. The number of hydrogen-bond donors (Lipinski definition) is 0. The van der Waals surface area contributed by atoms with Crippen LogP contribution < -0.4 is 4.74 Å². The van der Waals surface area contributed by atoms with E-state index in [0.717, 1.165) is 24.1 Å². The van der Waals surface area contributed by atoms with Crippen LogP contribution in [0.1, 0.15) is 50.3 Å². The molecule has 172 valence electrons. The average molecular weight is 448 g/mol. The molecule has 0 fully saturated rings. The van der Waals surface area contributed by atoms with E-state index >= 15 is 0 Å². The van der Waals surface area contributed by atoms with Gasteiger partial charge in [0.2, 0.25) is 0 Å². The third-order valence-corrected chi connectivity index (χ3v) is 5.03. The number of benzene rings is 2. The third kappa shape index (κ3) is 6.63. The van der Waals surface area contributed by atoms with Crippen LogP contribution in [0.4, 0.5) is 26.3 Å². The van der Waals surface area contributed by atoms with Crippen molar-refractivity contribution in [3.63, 3.8) is 0 Å². The summed E-state index contributed by atoms with van der Waals surface area (Å²) in [5.41, 5.74) is -0.282. The van der Waals surface area contributed by atoms with Crippen LogP contribution in [0.2, 0.25) is 0 Å². The lowest BCUT2D eigenvalue weighted by molar-refractivity contribution is -0.254. The molecule has 31 heavy (non-hydrogen) atoms. The molecular weight excluding hydrogens is 422 g/mol. The molecule has 0 amide bonds. The van der Waals surface area contributed by atoms with Crippen LogP contribution in [0.5, 0.6) is 5.75 Å². The van der Waals surface area contributed by atoms with Gasteiger partial charge in [0.25, 0.3) is 0 Å². The number of ether oxygens (including phenoxy) is 2. The maximum atomic E-state index is 14.3. The van der Waals surface area contributed by atoms with Crippen molar-refractivity contribution in [2.75, 3.05) is 6.61 Å². The Kier molecular flexibility index (Phi) is 8.40. The molecule has 0 spiro atoms. The van der Waals surface area contributed by atoms with Crippen LogP contribution >= 0.6 is 0 Å². The van der Waals surface area contributed by atoms with E-state index in [4.69, 9.17) is 4.74 Å². The third-order valence-electron chi connectivity index (χ3n) is 5.03. The molecule has 8 heteroatoms. The molecule has 0 aliphatic rings. The zero-order chi connectivity index (χ0) is 23.2. The number of rotatable bonds is 11. The maximum absolute atomic E-state index is 14.3. The summed E-state index contributed by atoms with van der Waals surface area (Å²) in [7, 11) is 0. The van der Waals surface area contributed by atoms with Gasteiger partial charge in [-0.2, -0.15) is 17.6 Å². The summed E-state index contributed by atoms with van der Waals surface area (Å²) in [6, 6.07) is 7.88. The van der Waals surface area contributed by atoms with Crippen LogP contribution in [0.15, 0.2) is 36.4 Å². The van der Waals surface area contributed by atoms with E-state index in [-0.39, 0.29) is 30.6 Å². The van der Waals surface area contributed by atoms with Crippen LogP contribution in [0.25, 0.3) is 0 Å². The predicted molar refractivity (Wildman–Crippen MR) is 105 cm³/mol. The Morgan fingerprint density at radius 1 is 0.871 bits per heavy atom. The van der Waals surface area contributed by atoms with E-state index in [1.165, 1.54) is 19.1 Å². The minimum absolute atomic E-state index is 0.00156. The molecule has 0 saturated heterocycles. The fraction of sp³-hybridized carbons (Fsp3) is 0.478. The molecule has 2 rings (SSSR count). The molecule has 0 radical (unpaired) electrons. The van der Waals surface area contributed by atoms with E-state index in [0.29, 0.717) is 0 Å². The Labute approximate surface area is 178 Å². The normalized spacial score (nSPS) is 13.3. The molecule has 2 aromatic rings. The molecule has 0 aliphatic carbocycles. The van der Waals surface area contributed by atoms with Gasteiger partial charge in [-0.15, -0.1) is 0 Å². The van der Waals surface area contributed by atoms with Crippen molar-refractivity contribution in [2.24, 2.45) is 5.92 Å². The first-order valence-corrected chi connectivity index (χ1v) is 10.2. The fourth-order valence-electron chi connectivity index (χ4n) is 2.99. The van der Waals surface area contributed by atoms with Crippen LogP contribution in [0.3, 0.4) is 0 Å². The lowest BCUT2D eigenvalue weighted by Crippen LogP contribution is -2.33. The number of hydrogen-bond acceptors (Lipinski definition) is 2. The molecule has 0 N–H and O–H groups in total. The fourth-order valence-corrected chi connectivity index (χ4v) is 2.99. The van der Waals surface area contributed by atoms with Gasteiger partial charge in [-0.05, 0) is 61.1 Å². The second kappa shape index (κ2) is 10.4. The molecule has 2 aromatic carbocycles. The summed E-state index contributed by atoms with van der Waals surface area (Å²) in [5.74, 6) is -4.13. The van der Waals surface area contributed by atoms with E-state index in [1.807, 2.05) is 6.92 Å². The Balaban J connectivity index is 1.90. The summed E-state index contributed by atoms with van der Waals surface area (Å²) in [4.78, 5) is 0. The molecule has 0 saturated carbocycles. The van der Waals surface area contributed by atoms with E-state index in [2.05, 4.69) is 4.74 Å². The molecule has 0 aliphatic heterocycles. The number of halogens is 6. The summed E-state index contributed by atoms with van der Waals surface area (Å²) in [6.07, 6.45) is -7.09. The van der Waals surface area contributed by atoms with Crippen LogP contribution in [-0.2, 0) is 23.7 Å². The van der Waals surface area contributed by atoms with E-state index < -0.39 is 41.9 Å². The highest BCUT2D eigenvalue weighted by Gasteiger charge is 2.41. The largest absolute Gasteiger partial charge is 0.432 e. The minimum atomic E-state index is -4.22. The van der Waals surface area contributed by atoms with Crippen molar-refractivity contribution in [3.8, 4) is 5.75 Å². The van der Waals surface area contributed by atoms with Crippen molar-refractivity contribution in [1.29, 1.82) is 0 Å². The second-order valence-electron chi connectivity index (χ2n) is 7.36. The van der Waals surface area contributed by atoms with Gasteiger partial charge in [-0.1, -0.05) is 32.9 Å². The molecule has 1 atom stereocenters. The Hall–Kier alpha value is -2.22. The van der Waals surface area contributed by atoms with Gasteiger partial charge in [0.1, 0.15) is 22.9 Å². The maximum Gasteiger partial charge on any atom is 0.400 e. The Bertz CT molecular complexity index is 829. The van der Waals surface area contributed by atoms with Gasteiger partial charge in [-0.25, -0.2) is 8.78 Å². The van der Waals surface area contributed by atoms with E-state index in [9.17, 15) is 26.3 Å². The molecule has 2 nitrogen and oxygen atoms in total. The number of aryl methyl sites for hydroxylation is 2. The minimum Gasteiger partial charge on any atom is -0.432 e. The van der Waals surface area contributed by atoms with Crippen molar-refractivity contribution in [3.05, 3.63) is 64.7 Å². The van der Waals surface area contributed by atoms with Gasteiger partial charge in [0.15, 0.2) is 0 Å². The first-order chi connectivity index (χ1) is 14.5. The quantitative estimate of drug-likeness (QED) is 0.266. The SMILES string of the molecule is CCc1ccc(OC(F)(F)C(C)CCCOC(F)(F)c2c(F)cc(CC)cc2F)cc1. The highest BCUT2D eigenvalue weighted by Crippen LogP contribution is 2.35. The zero-order valence-corrected chi connectivity index (χ0v) is 17.7. The van der Waals surface area contributed by atoms with Gasteiger partial charge in [0, 0.05) is 0 Å². The second-order valence-corrected chi connectivity index (χ2v) is 7.36. The summed E-state index contributed by atoms with van der Waals surface area (Å²) in [5, 5.41) is 0.